The molecule has 0 fully saturated rings. The fourth-order valence-electron chi connectivity index (χ4n) is 2.34. The summed E-state index contributed by atoms with van der Waals surface area (Å²) in [5.41, 5.74) is 0.741. The standard InChI is InChI=1S/C12H12Cl2O5S/c1-7(15)19-12(2)11-8(5-6-18-12)10(20(14,16)17)4-3-9(11)13/h3-4H,5-6H2,1-2H3. The van der Waals surface area contributed by atoms with Crippen molar-refractivity contribution in [1.82, 2.24) is 0 Å². The highest BCUT2D eigenvalue weighted by molar-refractivity contribution is 8.13. The maximum atomic E-state index is 11.6. The van der Waals surface area contributed by atoms with Crippen LogP contribution in [0.1, 0.15) is 25.0 Å². The fourth-order valence-corrected chi connectivity index (χ4v) is 3.85. The van der Waals surface area contributed by atoms with Crippen LogP contribution in [0.2, 0.25) is 5.02 Å². The van der Waals surface area contributed by atoms with Gasteiger partial charge in [-0.25, -0.2) is 8.42 Å². The molecule has 1 heterocycles. The molecule has 0 N–H and O–H groups in total. The molecule has 1 atom stereocenters. The van der Waals surface area contributed by atoms with E-state index in [-0.39, 0.29) is 16.5 Å². The first-order valence-electron chi connectivity index (χ1n) is 5.75. The van der Waals surface area contributed by atoms with Gasteiger partial charge in [0.1, 0.15) is 0 Å². The van der Waals surface area contributed by atoms with Crippen LogP contribution < -0.4 is 0 Å². The predicted molar refractivity (Wildman–Crippen MR) is 73.3 cm³/mol. The number of fused-ring (bicyclic) bond motifs is 1. The molecule has 1 aromatic carbocycles. The molecule has 0 amide bonds. The zero-order valence-corrected chi connectivity index (χ0v) is 13.1. The molecule has 1 aliphatic heterocycles. The molecular formula is C12H12Cl2O5S. The highest BCUT2D eigenvalue weighted by Crippen LogP contribution is 2.41. The molecule has 110 valence electrons. The van der Waals surface area contributed by atoms with Gasteiger partial charge in [-0.3, -0.25) is 4.79 Å². The summed E-state index contributed by atoms with van der Waals surface area (Å²) < 4.78 is 33.9. The lowest BCUT2D eigenvalue weighted by atomic mass is 9.95. The molecule has 0 aliphatic carbocycles. The minimum atomic E-state index is -3.92. The van der Waals surface area contributed by atoms with Crippen molar-refractivity contribution in [3.63, 3.8) is 0 Å². The van der Waals surface area contributed by atoms with E-state index in [1.54, 1.807) is 0 Å². The molecule has 5 nitrogen and oxygen atoms in total. The van der Waals surface area contributed by atoms with Crippen molar-refractivity contribution < 1.29 is 22.7 Å². The summed E-state index contributed by atoms with van der Waals surface area (Å²) in [6.07, 6.45) is 0.314. The van der Waals surface area contributed by atoms with E-state index in [1.165, 1.54) is 26.0 Å². The van der Waals surface area contributed by atoms with E-state index >= 15 is 0 Å². The van der Waals surface area contributed by atoms with Crippen LogP contribution in [0.4, 0.5) is 0 Å². The molecule has 8 heteroatoms. The summed E-state index contributed by atoms with van der Waals surface area (Å²) in [4.78, 5) is 11.2. The Balaban J connectivity index is 2.71. The van der Waals surface area contributed by atoms with E-state index in [2.05, 4.69) is 0 Å². The number of halogens is 2. The highest BCUT2D eigenvalue weighted by Gasteiger charge is 2.40. The Morgan fingerprint density at radius 1 is 1.45 bits per heavy atom. The average molecular weight is 339 g/mol. The normalized spacial score (nSPS) is 22.2. The van der Waals surface area contributed by atoms with Crippen LogP contribution in [0.3, 0.4) is 0 Å². The van der Waals surface area contributed by atoms with Crippen molar-refractivity contribution in [2.24, 2.45) is 0 Å². The summed E-state index contributed by atoms with van der Waals surface area (Å²) in [6.45, 7) is 2.94. The van der Waals surface area contributed by atoms with Crippen molar-refractivity contribution in [2.45, 2.75) is 31.0 Å². The van der Waals surface area contributed by atoms with Gasteiger partial charge in [0.2, 0.25) is 5.79 Å². The zero-order valence-electron chi connectivity index (χ0n) is 10.8. The third-order valence-electron chi connectivity index (χ3n) is 3.00. The Kier molecular flexibility index (Phi) is 4.03. The van der Waals surface area contributed by atoms with Gasteiger partial charge in [-0.05, 0) is 24.1 Å². The first-order valence-corrected chi connectivity index (χ1v) is 8.44. The Bertz CT molecular complexity index is 671. The van der Waals surface area contributed by atoms with Crippen molar-refractivity contribution in [3.05, 3.63) is 28.3 Å². The lowest BCUT2D eigenvalue weighted by Gasteiger charge is -2.36. The second-order valence-corrected chi connectivity index (χ2v) is 7.42. The van der Waals surface area contributed by atoms with Crippen LogP contribution in [0.25, 0.3) is 0 Å². The lowest BCUT2D eigenvalue weighted by molar-refractivity contribution is -0.233. The molecule has 0 spiro atoms. The second-order valence-electron chi connectivity index (χ2n) is 4.47. The molecule has 1 aromatic rings. The number of benzene rings is 1. The maximum absolute atomic E-state index is 11.6. The number of carbonyl (C=O) groups is 1. The quantitative estimate of drug-likeness (QED) is 0.612. The minimum Gasteiger partial charge on any atom is -0.429 e. The van der Waals surface area contributed by atoms with E-state index in [0.29, 0.717) is 17.5 Å². The minimum absolute atomic E-state index is 0.0414. The Morgan fingerprint density at radius 3 is 2.65 bits per heavy atom. The summed E-state index contributed by atoms with van der Waals surface area (Å²) in [5, 5.41) is 0.257. The van der Waals surface area contributed by atoms with E-state index in [4.69, 9.17) is 31.8 Å². The van der Waals surface area contributed by atoms with Crippen molar-refractivity contribution in [3.8, 4) is 0 Å². The SMILES string of the molecule is CC(=O)OC1(C)OCCc2c(S(=O)(=O)Cl)ccc(Cl)c21. The largest absolute Gasteiger partial charge is 0.429 e. The molecule has 0 bridgehead atoms. The summed E-state index contributed by atoms with van der Waals surface area (Å²) in [6, 6.07) is 2.73. The topological polar surface area (TPSA) is 69.7 Å². The van der Waals surface area contributed by atoms with Crippen LogP contribution in [0.15, 0.2) is 17.0 Å². The first-order chi connectivity index (χ1) is 9.15. The predicted octanol–water partition coefficient (Wildman–Crippen LogP) is 2.58. The Morgan fingerprint density at radius 2 is 2.10 bits per heavy atom. The molecule has 0 aromatic heterocycles. The van der Waals surface area contributed by atoms with Crippen LogP contribution in [0, 0.1) is 0 Å². The Labute approximate surface area is 126 Å². The number of ether oxygens (including phenoxy) is 2. The Hall–Kier alpha value is -0.820. The third kappa shape index (κ3) is 2.79. The van der Waals surface area contributed by atoms with Gasteiger partial charge >= 0.3 is 5.97 Å². The van der Waals surface area contributed by atoms with Gasteiger partial charge < -0.3 is 9.47 Å². The third-order valence-corrected chi connectivity index (χ3v) is 4.73. The molecule has 1 aliphatic rings. The summed E-state index contributed by atoms with van der Waals surface area (Å²) in [7, 11) is 1.51. The van der Waals surface area contributed by atoms with E-state index in [0.717, 1.165) is 0 Å². The number of carbonyl (C=O) groups excluding carboxylic acids is 1. The van der Waals surface area contributed by atoms with Gasteiger partial charge in [0.15, 0.2) is 0 Å². The molecule has 0 saturated heterocycles. The van der Waals surface area contributed by atoms with Crippen LogP contribution in [0.5, 0.6) is 0 Å². The van der Waals surface area contributed by atoms with E-state index in [1.807, 2.05) is 0 Å². The van der Waals surface area contributed by atoms with Crippen molar-refractivity contribution in [2.75, 3.05) is 6.61 Å². The molecule has 1 unspecified atom stereocenters. The van der Waals surface area contributed by atoms with Crippen molar-refractivity contribution >= 4 is 37.3 Å². The van der Waals surface area contributed by atoms with Gasteiger partial charge in [-0.1, -0.05) is 11.6 Å². The number of hydrogen-bond acceptors (Lipinski definition) is 5. The molecule has 20 heavy (non-hydrogen) atoms. The van der Waals surface area contributed by atoms with E-state index < -0.39 is 20.8 Å². The van der Waals surface area contributed by atoms with Gasteiger partial charge in [0.25, 0.3) is 9.05 Å². The van der Waals surface area contributed by atoms with Crippen LogP contribution >= 0.6 is 22.3 Å². The highest BCUT2D eigenvalue weighted by atomic mass is 35.7. The number of esters is 1. The molecular weight excluding hydrogens is 327 g/mol. The van der Waals surface area contributed by atoms with Crippen molar-refractivity contribution in [1.29, 1.82) is 0 Å². The number of rotatable bonds is 2. The van der Waals surface area contributed by atoms with Crippen LogP contribution in [-0.2, 0) is 35.5 Å². The number of hydrogen-bond donors (Lipinski definition) is 0. The van der Waals surface area contributed by atoms with Gasteiger partial charge in [0.05, 0.1) is 16.5 Å². The molecule has 0 saturated carbocycles. The smallest absolute Gasteiger partial charge is 0.305 e. The first kappa shape index (κ1) is 15.6. The summed E-state index contributed by atoms with van der Waals surface area (Å²) in [5.74, 6) is -1.98. The van der Waals surface area contributed by atoms with Gasteiger partial charge in [0, 0.05) is 30.1 Å². The maximum Gasteiger partial charge on any atom is 0.305 e. The fraction of sp³-hybridized carbons (Fsp3) is 0.417. The average Bonchev–Trinajstić information content (AvgIpc) is 2.25. The molecule has 2 rings (SSSR count). The van der Waals surface area contributed by atoms with Gasteiger partial charge in [-0.2, -0.15) is 0 Å². The monoisotopic (exact) mass is 338 g/mol. The molecule has 0 radical (unpaired) electrons. The second kappa shape index (κ2) is 5.18. The lowest BCUT2D eigenvalue weighted by Crippen LogP contribution is -2.37. The summed E-state index contributed by atoms with van der Waals surface area (Å²) >= 11 is 6.12. The zero-order chi connectivity index (χ0) is 15.1. The van der Waals surface area contributed by atoms with Crippen LogP contribution in [-0.4, -0.2) is 21.0 Å². The van der Waals surface area contributed by atoms with Gasteiger partial charge in [-0.15, -0.1) is 0 Å². The van der Waals surface area contributed by atoms with E-state index in [9.17, 15) is 13.2 Å².